The monoisotopic (exact) mass is 386 g/mol. The van der Waals surface area contributed by atoms with Crippen molar-refractivity contribution >= 4 is 22.6 Å². The highest BCUT2D eigenvalue weighted by Crippen LogP contribution is 2.25. The number of aromatic nitrogens is 3. The maximum atomic E-state index is 12.9. The van der Waals surface area contributed by atoms with E-state index < -0.39 is 0 Å². The van der Waals surface area contributed by atoms with Gasteiger partial charge in [0.25, 0.3) is 5.91 Å². The predicted octanol–water partition coefficient (Wildman–Crippen LogP) is 3.03. The Balaban J connectivity index is 1.50. The minimum Gasteiger partial charge on any atom is -0.463 e. The average molecular weight is 386 g/mol. The molecule has 4 aromatic rings. The molecule has 0 unspecified atom stereocenters. The number of hydrogen-bond donors (Lipinski definition) is 3. The summed E-state index contributed by atoms with van der Waals surface area (Å²) in [6.07, 6.45) is 2.77. The summed E-state index contributed by atoms with van der Waals surface area (Å²) in [6, 6.07) is 14.9. The van der Waals surface area contributed by atoms with Crippen molar-refractivity contribution < 1.29 is 9.21 Å². The minimum atomic E-state index is -0.193. The quantitative estimate of drug-likeness (QED) is 0.436. The van der Waals surface area contributed by atoms with Gasteiger partial charge in [0.2, 0.25) is 0 Å². The largest absolute Gasteiger partial charge is 0.463 e. The average Bonchev–Trinajstić information content (AvgIpc) is 3.40. The second-order valence-corrected chi connectivity index (χ2v) is 6.48. The Labute approximate surface area is 166 Å². The van der Waals surface area contributed by atoms with Crippen LogP contribution in [0.4, 0.5) is 5.82 Å². The topological polar surface area (TPSA) is 134 Å². The second-order valence-electron chi connectivity index (χ2n) is 6.48. The van der Waals surface area contributed by atoms with Crippen molar-refractivity contribution in [2.75, 3.05) is 12.3 Å². The molecule has 29 heavy (non-hydrogen) atoms. The van der Waals surface area contributed by atoms with Gasteiger partial charge in [-0.3, -0.25) is 9.89 Å². The van der Waals surface area contributed by atoms with Gasteiger partial charge in [0.1, 0.15) is 17.3 Å². The second kappa shape index (κ2) is 7.86. The molecule has 0 fully saturated rings. The number of carbonyl (C=O) groups excluding carboxylic acids is 1. The summed E-state index contributed by atoms with van der Waals surface area (Å²) in [5, 5.41) is 19.4. The van der Waals surface area contributed by atoms with Gasteiger partial charge in [0.15, 0.2) is 11.6 Å². The third kappa shape index (κ3) is 3.66. The maximum Gasteiger partial charge on any atom is 0.252 e. The lowest BCUT2D eigenvalue weighted by atomic mass is 10.1. The van der Waals surface area contributed by atoms with Crippen molar-refractivity contribution in [1.29, 1.82) is 5.26 Å². The predicted molar refractivity (Wildman–Crippen MR) is 108 cm³/mol. The standard InChI is InChI=1S/C21H18N6O2/c22-12-15-17(26-27-20(15)23)7-3-9-24-21(28)14-11-18(19-8-4-10-29-19)25-16-6-2-1-5-13(14)16/h1-2,4-6,8,10-11H,3,7,9H2,(H,24,28)(H3,23,26,27). The number of rotatable bonds is 6. The number of nitriles is 1. The fraction of sp³-hybridized carbons (Fsp3) is 0.143. The number of nitrogens with one attached hydrogen (secondary N) is 2. The summed E-state index contributed by atoms with van der Waals surface area (Å²) in [6.45, 7) is 0.440. The van der Waals surface area contributed by atoms with E-state index in [4.69, 9.17) is 15.4 Å². The van der Waals surface area contributed by atoms with E-state index >= 15 is 0 Å². The molecule has 0 spiro atoms. The molecule has 0 saturated heterocycles. The fourth-order valence-corrected chi connectivity index (χ4v) is 3.18. The van der Waals surface area contributed by atoms with Crippen LogP contribution in [0.5, 0.6) is 0 Å². The number of benzene rings is 1. The molecule has 0 aliphatic rings. The lowest BCUT2D eigenvalue weighted by Gasteiger charge is -2.09. The van der Waals surface area contributed by atoms with E-state index in [9.17, 15) is 4.79 Å². The number of nitrogens with two attached hydrogens (primary N) is 1. The van der Waals surface area contributed by atoms with Gasteiger partial charge in [-0.15, -0.1) is 0 Å². The summed E-state index contributed by atoms with van der Waals surface area (Å²) in [5.74, 6) is 0.604. The van der Waals surface area contributed by atoms with Crippen molar-refractivity contribution in [3.05, 3.63) is 65.5 Å². The fourth-order valence-electron chi connectivity index (χ4n) is 3.18. The number of carbonyl (C=O) groups is 1. The number of aromatic amines is 1. The number of aryl methyl sites for hydroxylation is 1. The van der Waals surface area contributed by atoms with Gasteiger partial charge in [-0.25, -0.2) is 4.98 Å². The van der Waals surface area contributed by atoms with Crippen LogP contribution in [0, 0.1) is 11.3 Å². The number of hydrogen-bond acceptors (Lipinski definition) is 6. The summed E-state index contributed by atoms with van der Waals surface area (Å²) in [4.78, 5) is 17.4. The molecule has 4 N–H and O–H groups in total. The first-order valence-electron chi connectivity index (χ1n) is 9.12. The SMILES string of the molecule is N#Cc1c(N)n[nH]c1CCCNC(=O)c1cc(-c2ccco2)nc2ccccc12. The number of H-pyrrole nitrogens is 1. The van der Waals surface area contributed by atoms with E-state index in [-0.39, 0.29) is 11.7 Å². The van der Waals surface area contributed by atoms with Gasteiger partial charge in [-0.05, 0) is 37.1 Å². The Morgan fingerprint density at radius 3 is 2.93 bits per heavy atom. The van der Waals surface area contributed by atoms with Gasteiger partial charge < -0.3 is 15.5 Å². The van der Waals surface area contributed by atoms with Crippen LogP contribution < -0.4 is 11.1 Å². The highest BCUT2D eigenvalue weighted by Gasteiger charge is 2.15. The van der Waals surface area contributed by atoms with E-state index in [1.54, 1.807) is 18.4 Å². The maximum absolute atomic E-state index is 12.9. The first kappa shape index (κ1) is 18.3. The normalized spacial score (nSPS) is 10.7. The molecule has 4 rings (SSSR count). The van der Waals surface area contributed by atoms with Crippen molar-refractivity contribution in [3.8, 4) is 17.5 Å². The number of pyridine rings is 1. The minimum absolute atomic E-state index is 0.193. The summed E-state index contributed by atoms with van der Waals surface area (Å²) in [5.41, 5.74) is 8.53. The number of fused-ring (bicyclic) bond motifs is 1. The highest BCUT2D eigenvalue weighted by atomic mass is 16.3. The van der Waals surface area contributed by atoms with Crippen LogP contribution in [0.15, 0.2) is 53.1 Å². The van der Waals surface area contributed by atoms with Gasteiger partial charge in [0.05, 0.1) is 23.0 Å². The van der Waals surface area contributed by atoms with Crippen molar-refractivity contribution in [2.24, 2.45) is 0 Å². The molecule has 3 heterocycles. The van der Waals surface area contributed by atoms with Crippen LogP contribution in [0.2, 0.25) is 0 Å². The smallest absolute Gasteiger partial charge is 0.252 e. The molecule has 3 aromatic heterocycles. The lowest BCUT2D eigenvalue weighted by molar-refractivity contribution is 0.0955. The van der Waals surface area contributed by atoms with Crippen LogP contribution in [-0.4, -0.2) is 27.6 Å². The Bertz CT molecular complexity index is 1200. The highest BCUT2D eigenvalue weighted by molar-refractivity contribution is 6.07. The Kier molecular flexibility index (Phi) is 4.95. The van der Waals surface area contributed by atoms with Crippen LogP contribution in [0.1, 0.15) is 28.0 Å². The number of anilines is 1. The van der Waals surface area contributed by atoms with Crippen molar-refractivity contribution in [1.82, 2.24) is 20.5 Å². The van der Waals surface area contributed by atoms with E-state index in [0.29, 0.717) is 47.7 Å². The first-order chi connectivity index (χ1) is 14.2. The third-order valence-electron chi connectivity index (χ3n) is 4.60. The molecule has 8 heteroatoms. The van der Waals surface area contributed by atoms with Gasteiger partial charge in [-0.1, -0.05) is 18.2 Å². The first-order valence-corrected chi connectivity index (χ1v) is 9.12. The van der Waals surface area contributed by atoms with Crippen molar-refractivity contribution in [2.45, 2.75) is 12.8 Å². The zero-order valence-electron chi connectivity index (χ0n) is 15.5. The van der Waals surface area contributed by atoms with Gasteiger partial charge >= 0.3 is 0 Å². The molecular formula is C21H18N6O2. The number of furan rings is 1. The zero-order valence-corrected chi connectivity index (χ0v) is 15.5. The third-order valence-corrected chi connectivity index (χ3v) is 4.60. The molecular weight excluding hydrogens is 368 g/mol. The Morgan fingerprint density at radius 2 is 2.14 bits per heavy atom. The van der Waals surface area contributed by atoms with Crippen LogP contribution >= 0.6 is 0 Å². The lowest BCUT2D eigenvalue weighted by Crippen LogP contribution is -2.25. The molecule has 144 valence electrons. The number of nitrogens with zero attached hydrogens (tertiary/aromatic N) is 3. The van der Waals surface area contributed by atoms with Crippen molar-refractivity contribution in [3.63, 3.8) is 0 Å². The van der Waals surface area contributed by atoms with Gasteiger partial charge in [-0.2, -0.15) is 10.4 Å². The van der Waals surface area contributed by atoms with Crippen LogP contribution in [0.3, 0.4) is 0 Å². The summed E-state index contributed by atoms with van der Waals surface area (Å²) < 4.78 is 5.43. The Morgan fingerprint density at radius 1 is 1.28 bits per heavy atom. The van der Waals surface area contributed by atoms with Crippen LogP contribution in [-0.2, 0) is 6.42 Å². The molecule has 0 radical (unpaired) electrons. The zero-order chi connectivity index (χ0) is 20.2. The molecule has 0 atom stereocenters. The molecule has 1 amide bonds. The molecule has 0 bridgehead atoms. The number of amides is 1. The molecule has 1 aromatic carbocycles. The molecule has 8 nitrogen and oxygen atoms in total. The summed E-state index contributed by atoms with van der Waals surface area (Å²) in [7, 11) is 0. The van der Waals surface area contributed by atoms with E-state index in [0.717, 1.165) is 10.9 Å². The molecule has 0 aliphatic carbocycles. The summed E-state index contributed by atoms with van der Waals surface area (Å²) >= 11 is 0. The van der Waals surface area contributed by atoms with E-state index in [2.05, 4.69) is 20.5 Å². The number of nitrogen functional groups attached to an aromatic ring is 1. The van der Waals surface area contributed by atoms with Gasteiger partial charge in [0, 0.05) is 11.9 Å². The van der Waals surface area contributed by atoms with E-state index in [1.807, 2.05) is 36.4 Å². The molecule has 0 saturated carbocycles. The number of para-hydroxylation sites is 1. The van der Waals surface area contributed by atoms with E-state index in [1.165, 1.54) is 0 Å². The van der Waals surface area contributed by atoms with Crippen LogP contribution in [0.25, 0.3) is 22.4 Å². The Hall–Kier alpha value is -4.12. The molecule has 0 aliphatic heterocycles.